The highest BCUT2D eigenvalue weighted by molar-refractivity contribution is 5.33. The summed E-state index contributed by atoms with van der Waals surface area (Å²) in [7, 11) is 0. The molecule has 2 aliphatic rings. The number of aliphatic hydroxyl groups excluding tert-OH is 1. The fourth-order valence-corrected chi connectivity index (χ4v) is 3.71. The van der Waals surface area contributed by atoms with Gasteiger partial charge in [-0.1, -0.05) is 30.2 Å². The monoisotopic (exact) mass is 216 g/mol. The molecule has 1 N–H and O–H groups in total. The Bertz CT molecular complexity index is 400. The third-order valence-electron chi connectivity index (χ3n) is 4.58. The molecular weight excluding hydrogens is 196 g/mol. The molecule has 2 saturated carbocycles. The van der Waals surface area contributed by atoms with Crippen LogP contribution in [0.15, 0.2) is 18.2 Å². The Morgan fingerprint density at radius 1 is 1.19 bits per heavy atom. The van der Waals surface area contributed by atoms with Crippen LogP contribution in [0.2, 0.25) is 0 Å². The lowest BCUT2D eigenvalue weighted by Crippen LogP contribution is -2.06. The van der Waals surface area contributed by atoms with Crippen LogP contribution in [0.1, 0.15) is 42.1 Å². The first-order valence-electron chi connectivity index (χ1n) is 6.43. The first-order chi connectivity index (χ1) is 7.68. The van der Waals surface area contributed by atoms with E-state index < -0.39 is 0 Å². The predicted octanol–water partition coefficient (Wildman–Crippen LogP) is 3.38. The third-order valence-corrected chi connectivity index (χ3v) is 4.58. The molecule has 3 rings (SSSR count). The molecule has 1 aromatic carbocycles. The third kappa shape index (κ3) is 1.49. The van der Waals surface area contributed by atoms with Crippen molar-refractivity contribution in [3.05, 3.63) is 34.9 Å². The van der Waals surface area contributed by atoms with Gasteiger partial charge in [0, 0.05) is 0 Å². The van der Waals surface area contributed by atoms with Gasteiger partial charge in [0.05, 0.1) is 6.10 Å². The molecule has 86 valence electrons. The topological polar surface area (TPSA) is 20.2 Å². The van der Waals surface area contributed by atoms with Gasteiger partial charge in [0.15, 0.2) is 0 Å². The number of hydrogen-bond donors (Lipinski definition) is 1. The minimum Gasteiger partial charge on any atom is -0.388 e. The van der Waals surface area contributed by atoms with Gasteiger partial charge in [-0.2, -0.15) is 0 Å². The molecule has 0 heterocycles. The molecule has 0 radical (unpaired) electrons. The van der Waals surface area contributed by atoms with E-state index in [0.29, 0.717) is 5.92 Å². The number of rotatable bonds is 2. The Labute approximate surface area is 97.5 Å². The van der Waals surface area contributed by atoms with Gasteiger partial charge < -0.3 is 5.11 Å². The number of hydrogen-bond acceptors (Lipinski definition) is 1. The predicted molar refractivity (Wildman–Crippen MR) is 65.2 cm³/mol. The Morgan fingerprint density at radius 3 is 2.50 bits per heavy atom. The van der Waals surface area contributed by atoms with Gasteiger partial charge in [-0.15, -0.1) is 0 Å². The standard InChI is InChI=1S/C15H20O/c1-9-6-7-11(10(2)8-9)15(16)14-12-4-3-5-13(12)14/h6-8,12-16H,3-5H2,1-2H3. The molecule has 3 unspecified atom stereocenters. The maximum absolute atomic E-state index is 10.4. The fourth-order valence-electron chi connectivity index (χ4n) is 3.71. The highest BCUT2D eigenvalue weighted by Gasteiger charge is 2.55. The van der Waals surface area contributed by atoms with E-state index in [1.54, 1.807) is 0 Å². The summed E-state index contributed by atoms with van der Waals surface area (Å²) in [5.41, 5.74) is 3.69. The zero-order valence-corrected chi connectivity index (χ0v) is 10.1. The smallest absolute Gasteiger partial charge is 0.0826 e. The lowest BCUT2D eigenvalue weighted by Gasteiger charge is -2.16. The van der Waals surface area contributed by atoms with Crippen LogP contribution in [-0.2, 0) is 0 Å². The van der Waals surface area contributed by atoms with E-state index in [1.165, 1.54) is 30.4 Å². The van der Waals surface area contributed by atoms with Crippen molar-refractivity contribution in [1.82, 2.24) is 0 Å². The van der Waals surface area contributed by atoms with Gasteiger partial charge in [-0.05, 0) is 55.6 Å². The Balaban J connectivity index is 1.82. The second kappa shape index (κ2) is 3.59. The molecule has 0 bridgehead atoms. The maximum atomic E-state index is 10.4. The summed E-state index contributed by atoms with van der Waals surface area (Å²) in [5.74, 6) is 2.22. The molecule has 1 aromatic rings. The molecule has 0 spiro atoms. The zero-order valence-electron chi connectivity index (χ0n) is 10.1. The van der Waals surface area contributed by atoms with Crippen LogP contribution in [0.3, 0.4) is 0 Å². The van der Waals surface area contributed by atoms with Crippen molar-refractivity contribution in [3.8, 4) is 0 Å². The van der Waals surface area contributed by atoms with Gasteiger partial charge in [0.2, 0.25) is 0 Å². The van der Waals surface area contributed by atoms with Crippen molar-refractivity contribution >= 4 is 0 Å². The maximum Gasteiger partial charge on any atom is 0.0826 e. The first kappa shape index (κ1) is 10.3. The summed E-state index contributed by atoms with van der Waals surface area (Å²) >= 11 is 0. The average molecular weight is 216 g/mol. The van der Waals surface area contributed by atoms with Crippen LogP contribution in [-0.4, -0.2) is 5.11 Å². The van der Waals surface area contributed by atoms with E-state index in [2.05, 4.69) is 32.0 Å². The van der Waals surface area contributed by atoms with Crippen LogP contribution in [0, 0.1) is 31.6 Å². The van der Waals surface area contributed by atoms with Crippen LogP contribution >= 0.6 is 0 Å². The van der Waals surface area contributed by atoms with Crippen LogP contribution in [0.25, 0.3) is 0 Å². The molecule has 0 aromatic heterocycles. The van der Waals surface area contributed by atoms with Crippen LogP contribution < -0.4 is 0 Å². The first-order valence-corrected chi connectivity index (χ1v) is 6.43. The number of aryl methyl sites for hydroxylation is 2. The quantitative estimate of drug-likeness (QED) is 0.803. The molecule has 1 nitrogen and oxygen atoms in total. The summed E-state index contributed by atoms with van der Waals surface area (Å²) < 4.78 is 0. The minimum atomic E-state index is -0.212. The molecule has 3 atom stereocenters. The lowest BCUT2D eigenvalue weighted by molar-refractivity contribution is 0.136. The average Bonchev–Trinajstić information content (AvgIpc) is 2.71. The number of aliphatic hydroxyl groups is 1. The highest BCUT2D eigenvalue weighted by Crippen LogP contribution is 2.62. The van der Waals surface area contributed by atoms with E-state index >= 15 is 0 Å². The van der Waals surface area contributed by atoms with Crippen molar-refractivity contribution in [2.45, 2.75) is 39.2 Å². The van der Waals surface area contributed by atoms with Crippen molar-refractivity contribution < 1.29 is 5.11 Å². The van der Waals surface area contributed by atoms with Gasteiger partial charge in [0.25, 0.3) is 0 Å². The summed E-state index contributed by atoms with van der Waals surface area (Å²) in [6.07, 6.45) is 3.86. The van der Waals surface area contributed by atoms with E-state index in [4.69, 9.17) is 0 Å². The molecule has 2 fully saturated rings. The molecule has 0 aliphatic heterocycles. The second-order valence-electron chi connectivity index (χ2n) is 5.64. The van der Waals surface area contributed by atoms with Crippen molar-refractivity contribution in [2.75, 3.05) is 0 Å². The normalized spacial score (nSPS) is 33.6. The Morgan fingerprint density at radius 2 is 1.88 bits per heavy atom. The molecule has 0 saturated heterocycles. The highest BCUT2D eigenvalue weighted by atomic mass is 16.3. The molecule has 0 amide bonds. The zero-order chi connectivity index (χ0) is 11.3. The van der Waals surface area contributed by atoms with Crippen LogP contribution in [0.5, 0.6) is 0 Å². The van der Waals surface area contributed by atoms with E-state index in [9.17, 15) is 5.11 Å². The summed E-state index contributed by atoms with van der Waals surface area (Å²) in [5, 5.41) is 10.4. The lowest BCUT2D eigenvalue weighted by atomic mass is 9.95. The van der Waals surface area contributed by atoms with Gasteiger partial charge in [-0.25, -0.2) is 0 Å². The number of benzene rings is 1. The molecular formula is C15H20O. The van der Waals surface area contributed by atoms with Crippen molar-refractivity contribution in [3.63, 3.8) is 0 Å². The van der Waals surface area contributed by atoms with E-state index in [1.807, 2.05) is 0 Å². The van der Waals surface area contributed by atoms with Gasteiger partial charge in [-0.3, -0.25) is 0 Å². The van der Waals surface area contributed by atoms with Crippen molar-refractivity contribution in [1.29, 1.82) is 0 Å². The van der Waals surface area contributed by atoms with Crippen molar-refractivity contribution in [2.24, 2.45) is 17.8 Å². The van der Waals surface area contributed by atoms with Crippen LogP contribution in [0.4, 0.5) is 0 Å². The van der Waals surface area contributed by atoms with Gasteiger partial charge >= 0.3 is 0 Å². The van der Waals surface area contributed by atoms with E-state index in [0.717, 1.165) is 17.4 Å². The van der Waals surface area contributed by atoms with Gasteiger partial charge in [0.1, 0.15) is 0 Å². The SMILES string of the molecule is Cc1ccc(C(O)C2C3CCCC32)c(C)c1. The summed E-state index contributed by atoms with van der Waals surface area (Å²) in [6, 6.07) is 6.41. The second-order valence-corrected chi connectivity index (χ2v) is 5.64. The fraction of sp³-hybridized carbons (Fsp3) is 0.600. The largest absolute Gasteiger partial charge is 0.388 e. The minimum absolute atomic E-state index is 0.212. The summed E-state index contributed by atoms with van der Waals surface area (Å²) in [4.78, 5) is 0. The number of fused-ring (bicyclic) bond motifs is 1. The Hall–Kier alpha value is -0.820. The molecule has 16 heavy (non-hydrogen) atoms. The molecule has 1 heteroatoms. The molecule has 2 aliphatic carbocycles. The van der Waals surface area contributed by atoms with E-state index in [-0.39, 0.29) is 6.10 Å². The Kier molecular flexibility index (Phi) is 2.32. The summed E-state index contributed by atoms with van der Waals surface area (Å²) in [6.45, 7) is 4.22.